The van der Waals surface area contributed by atoms with Gasteiger partial charge in [0.1, 0.15) is 0 Å². The summed E-state index contributed by atoms with van der Waals surface area (Å²) in [6, 6.07) is 34.1. The van der Waals surface area contributed by atoms with Crippen LogP contribution in [0.5, 0.6) is 0 Å². The van der Waals surface area contributed by atoms with E-state index in [2.05, 4.69) is 33.0 Å². The lowest BCUT2D eigenvalue weighted by Crippen LogP contribution is -2.32. The molecule has 1 heterocycles. The zero-order valence-electron chi connectivity index (χ0n) is 31.2. The monoisotopic (exact) mass is 835 g/mol. The highest BCUT2D eigenvalue weighted by Gasteiger charge is 2.36. The van der Waals surface area contributed by atoms with Gasteiger partial charge in [0.25, 0.3) is 15.9 Å². The maximum atomic E-state index is 14.5. The molecule has 6 rings (SSSR count). The second kappa shape index (κ2) is 19.8. The highest BCUT2D eigenvalue weighted by Crippen LogP contribution is 2.37. The summed E-state index contributed by atoms with van der Waals surface area (Å²) in [4.78, 5) is 15.7. The van der Waals surface area contributed by atoms with Gasteiger partial charge >= 0.3 is 6.18 Å². The lowest BCUT2D eigenvalue weighted by Gasteiger charge is -2.25. The summed E-state index contributed by atoms with van der Waals surface area (Å²) in [5, 5.41) is 10.4. The van der Waals surface area contributed by atoms with Crippen LogP contribution < -0.4 is 20.7 Å². The van der Waals surface area contributed by atoms with Gasteiger partial charge in [0.2, 0.25) is 0 Å². The van der Waals surface area contributed by atoms with Crippen molar-refractivity contribution in [2.24, 2.45) is 0 Å². The van der Waals surface area contributed by atoms with Crippen LogP contribution in [0.4, 0.5) is 24.5 Å². The Kier molecular flexibility index (Phi) is 14.6. The van der Waals surface area contributed by atoms with E-state index >= 15 is 0 Å². The molecule has 1 fully saturated rings. The lowest BCUT2D eigenvalue weighted by molar-refractivity contribution is -0.137. The Bertz CT molecular complexity index is 2190. The number of rotatable bonds is 18. The van der Waals surface area contributed by atoms with Crippen LogP contribution in [0, 0.1) is 0 Å². The van der Waals surface area contributed by atoms with E-state index in [-0.39, 0.29) is 17.3 Å². The number of alkyl halides is 3. The van der Waals surface area contributed by atoms with Gasteiger partial charge in [-0.15, -0.1) is 11.8 Å². The molecule has 0 spiro atoms. The summed E-state index contributed by atoms with van der Waals surface area (Å²) in [5.41, 5.74) is 2.73. The van der Waals surface area contributed by atoms with E-state index in [9.17, 15) is 26.4 Å². The van der Waals surface area contributed by atoms with E-state index < -0.39 is 32.6 Å². The van der Waals surface area contributed by atoms with Crippen molar-refractivity contribution in [3.05, 3.63) is 143 Å². The number of hydrogen-bond acceptors (Lipinski definition) is 8. The number of thioether (sulfide) groups is 1. The van der Waals surface area contributed by atoms with Crippen molar-refractivity contribution in [1.29, 1.82) is 0 Å². The van der Waals surface area contributed by atoms with E-state index in [1.807, 2.05) is 71.5 Å². The first-order chi connectivity index (χ1) is 27.4. The molecule has 0 unspecified atom stereocenters. The number of hydrogen-bond donors (Lipinski definition) is 4. The Balaban J connectivity index is 1.04. The Morgan fingerprint density at radius 1 is 0.842 bits per heavy atom. The molecule has 8 nitrogen and oxygen atoms in total. The number of amides is 1. The topological polar surface area (TPSA) is 103 Å². The summed E-state index contributed by atoms with van der Waals surface area (Å²) < 4.78 is 71.9. The van der Waals surface area contributed by atoms with Crippen molar-refractivity contribution in [3.8, 4) is 11.1 Å². The van der Waals surface area contributed by atoms with Gasteiger partial charge in [0.05, 0.1) is 10.5 Å². The standard InChI is InChI=1S/C43H45ClF3N5O3S2/c44-34-16-12-31(13-17-34)39-11-5-4-8-33(39)29-48-23-24-49-35-18-14-32(15-19-35)42(53)51-57(54,55)38-20-21-41(40(28-38)43(45,46)47)50-36(22-27-52-25-6-7-26-52)30-56-37-9-2-1-3-10-37/h1-5,8-21,28,36,48-50H,6-7,22-27,29-30H2,(H,51,53)/t36-/m1/s1. The second-order valence-electron chi connectivity index (χ2n) is 13.8. The lowest BCUT2D eigenvalue weighted by atomic mass is 10.00. The van der Waals surface area contributed by atoms with Gasteiger partial charge < -0.3 is 20.9 Å². The van der Waals surface area contributed by atoms with Crippen molar-refractivity contribution in [2.75, 3.05) is 49.1 Å². The van der Waals surface area contributed by atoms with Crippen LogP contribution in [-0.2, 0) is 22.7 Å². The molecule has 1 aliphatic heterocycles. The molecular formula is C43H45ClF3N5O3S2. The predicted molar refractivity (Wildman–Crippen MR) is 224 cm³/mol. The Labute approximate surface area is 341 Å². The Morgan fingerprint density at radius 2 is 1.54 bits per heavy atom. The number of nitrogens with one attached hydrogen (secondary N) is 4. The fraction of sp³-hybridized carbons (Fsp3) is 0.279. The predicted octanol–water partition coefficient (Wildman–Crippen LogP) is 9.40. The Morgan fingerprint density at radius 3 is 2.26 bits per heavy atom. The van der Waals surface area contributed by atoms with Crippen LogP contribution in [0.25, 0.3) is 11.1 Å². The molecule has 0 aromatic heterocycles. The van der Waals surface area contributed by atoms with Gasteiger partial charge in [-0.25, -0.2) is 13.1 Å². The van der Waals surface area contributed by atoms with Crippen LogP contribution in [0.2, 0.25) is 5.02 Å². The number of benzene rings is 5. The average Bonchev–Trinajstić information content (AvgIpc) is 3.73. The molecule has 0 bridgehead atoms. The molecule has 4 N–H and O–H groups in total. The van der Waals surface area contributed by atoms with Crippen LogP contribution in [0.3, 0.4) is 0 Å². The molecule has 1 aliphatic rings. The summed E-state index contributed by atoms with van der Waals surface area (Å²) in [6.07, 6.45) is -2.04. The van der Waals surface area contributed by atoms with Gasteiger partial charge in [0, 0.05) is 64.8 Å². The van der Waals surface area contributed by atoms with E-state index in [1.165, 1.54) is 12.1 Å². The molecule has 0 aliphatic carbocycles. The van der Waals surface area contributed by atoms with Crippen molar-refractivity contribution in [1.82, 2.24) is 14.9 Å². The van der Waals surface area contributed by atoms with Crippen LogP contribution >= 0.6 is 23.4 Å². The van der Waals surface area contributed by atoms with Crippen LogP contribution in [0.15, 0.2) is 131 Å². The number of carbonyl (C=O) groups is 1. The normalized spacial score (nSPS) is 14.0. The van der Waals surface area contributed by atoms with Gasteiger partial charge in [-0.2, -0.15) is 13.2 Å². The fourth-order valence-electron chi connectivity index (χ4n) is 6.61. The first-order valence-corrected chi connectivity index (χ1v) is 21.6. The van der Waals surface area contributed by atoms with Crippen LogP contribution in [-0.4, -0.2) is 63.7 Å². The molecule has 1 amide bonds. The van der Waals surface area contributed by atoms with Gasteiger partial charge in [-0.3, -0.25) is 4.79 Å². The molecule has 0 saturated carbocycles. The SMILES string of the molecule is O=C(NS(=O)(=O)c1ccc(N[C@H](CCN2CCCC2)CSc2ccccc2)c(C(F)(F)F)c1)c1ccc(NCCNCc2ccccc2-c2ccc(Cl)cc2)cc1. The Hall–Kier alpha value is -4.53. The van der Waals surface area contributed by atoms with Crippen molar-refractivity contribution < 1.29 is 26.4 Å². The first-order valence-electron chi connectivity index (χ1n) is 18.8. The number of sulfonamides is 1. The second-order valence-corrected chi connectivity index (χ2v) is 17.0. The highest BCUT2D eigenvalue weighted by atomic mass is 35.5. The number of halogens is 4. The number of anilines is 2. The van der Waals surface area contributed by atoms with E-state index in [0.29, 0.717) is 48.6 Å². The first kappa shape index (κ1) is 42.1. The largest absolute Gasteiger partial charge is 0.418 e. The zero-order valence-corrected chi connectivity index (χ0v) is 33.6. The van der Waals surface area contributed by atoms with E-state index in [1.54, 1.807) is 23.9 Å². The average molecular weight is 836 g/mol. The number of nitrogens with zero attached hydrogens (tertiary/aromatic N) is 1. The zero-order chi connectivity index (χ0) is 40.3. The molecule has 5 aromatic rings. The number of carbonyl (C=O) groups excluding carboxylic acids is 1. The van der Waals surface area contributed by atoms with Gasteiger partial charge in [0.15, 0.2) is 0 Å². The highest BCUT2D eigenvalue weighted by molar-refractivity contribution is 7.99. The minimum atomic E-state index is -4.86. The fourth-order valence-corrected chi connectivity index (χ4v) is 8.73. The minimum absolute atomic E-state index is 0.0344. The van der Waals surface area contributed by atoms with E-state index in [0.717, 1.165) is 66.2 Å². The minimum Gasteiger partial charge on any atom is -0.384 e. The maximum Gasteiger partial charge on any atom is 0.418 e. The molecule has 5 aromatic carbocycles. The van der Waals surface area contributed by atoms with Crippen molar-refractivity contribution >= 4 is 50.7 Å². The van der Waals surface area contributed by atoms with Crippen molar-refractivity contribution in [2.45, 2.75) is 47.8 Å². The molecular weight excluding hydrogens is 791 g/mol. The smallest absolute Gasteiger partial charge is 0.384 e. The molecule has 300 valence electrons. The summed E-state index contributed by atoms with van der Waals surface area (Å²) in [5.74, 6) is -0.449. The summed E-state index contributed by atoms with van der Waals surface area (Å²) in [6.45, 7) is 4.52. The maximum absolute atomic E-state index is 14.5. The summed E-state index contributed by atoms with van der Waals surface area (Å²) >= 11 is 7.60. The molecule has 0 radical (unpaired) electrons. The molecule has 1 atom stereocenters. The third-order valence-corrected chi connectivity index (χ3v) is 12.4. The molecule has 1 saturated heterocycles. The quantitative estimate of drug-likeness (QED) is 0.0512. The van der Waals surface area contributed by atoms with E-state index in [4.69, 9.17) is 11.6 Å². The summed E-state index contributed by atoms with van der Waals surface area (Å²) in [7, 11) is -4.65. The molecule has 14 heteroatoms. The number of likely N-dealkylation sites (tertiary alicyclic amines) is 1. The van der Waals surface area contributed by atoms with Gasteiger partial charge in [-0.05, 0) is 116 Å². The third kappa shape index (κ3) is 12.2. The van der Waals surface area contributed by atoms with Gasteiger partial charge in [-0.1, -0.05) is 66.2 Å². The third-order valence-electron chi connectivity index (χ3n) is 9.65. The molecule has 57 heavy (non-hydrogen) atoms. The van der Waals surface area contributed by atoms with Crippen molar-refractivity contribution in [3.63, 3.8) is 0 Å². The van der Waals surface area contributed by atoms with Crippen LogP contribution in [0.1, 0.15) is 40.7 Å².